The number of hydroxylamine groups is 1. The second kappa shape index (κ2) is 5.42. The van der Waals surface area contributed by atoms with E-state index in [1.807, 2.05) is 0 Å². The molecule has 0 saturated carbocycles. The normalized spacial score (nSPS) is 11.6. The summed E-state index contributed by atoms with van der Waals surface area (Å²) in [4.78, 5) is 15.5. The number of esters is 1. The second-order valence-electron chi connectivity index (χ2n) is 3.23. The van der Waals surface area contributed by atoms with Crippen molar-refractivity contribution in [3.63, 3.8) is 0 Å². The molecule has 0 aliphatic heterocycles. The van der Waals surface area contributed by atoms with Gasteiger partial charge in [0.2, 0.25) is 0 Å². The van der Waals surface area contributed by atoms with Crippen LogP contribution >= 0.6 is 0 Å². The summed E-state index contributed by atoms with van der Waals surface area (Å²) < 4.78 is 42.1. The molecule has 0 bridgehead atoms. The van der Waals surface area contributed by atoms with Crippen molar-refractivity contribution < 1.29 is 27.2 Å². The van der Waals surface area contributed by atoms with Gasteiger partial charge in [0.15, 0.2) is 0 Å². The molecule has 0 aliphatic rings. The van der Waals surface area contributed by atoms with E-state index in [0.717, 1.165) is 39.5 Å². The Morgan fingerprint density at radius 3 is 2.44 bits per heavy atom. The van der Waals surface area contributed by atoms with Gasteiger partial charge in [-0.25, -0.2) is 17.6 Å². The predicted octanol–water partition coefficient (Wildman–Crippen LogP) is 0.794. The first-order valence-electron chi connectivity index (χ1n) is 4.75. The smallest absolute Gasteiger partial charge is 0.339 e. The minimum absolute atomic E-state index is 0.261. The monoisotopic (exact) mass is 277 g/mol. The number of sulfonamides is 1. The van der Waals surface area contributed by atoms with E-state index in [4.69, 9.17) is 0 Å². The van der Waals surface area contributed by atoms with E-state index in [9.17, 15) is 17.6 Å². The molecule has 0 aliphatic carbocycles. The Kier molecular flexibility index (Phi) is 4.38. The van der Waals surface area contributed by atoms with Crippen molar-refractivity contribution in [1.82, 2.24) is 4.47 Å². The number of hydrogen-bond acceptors (Lipinski definition) is 5. The predicted molar refractivity (Wildman–Crippen MR) is 59.7 cm³/mol. The van der Waals surface area contributed by atoms with Crippen molar-refractivity contribution >= 4 is 16.0 Å². The van der Waals surface area contributed by atoms with E-state index in [1.54, 1.807) is 0 Å². The standard InChI is InChI=1S/C10H12FNO5S/c1-12(17-3)18(14,15)9-6-7(11)4-5-8(9)10(13)16-2/h4-6H,1-3H3. The molecule has 0 unspecified atom stereocenters. The minimum atomic E-state index is -4.13. The number of carbonyl (C=O) groups excluding carboxylic acids is 1. The average molecular weight is 277 g/mol. The summed E-state index contributed by atoms with van der Waals surface area (Å²) >= 11 is 0. The van der Waals surface area contributed by atoms with Gasteiger partial charge in [-0.3, -0.25) is 4.84 Å². The van der Waals surface area contributed by atoms with Crippen LogP contribution in [0.5, 0.6) is 0 Å². The zero-order valence-electron chi connectivity index (χ0n) is 10.0. The van der Waals surface area contributed by atoms with Gasteiger partial charge in [-0.05, 0) is 18.2 Å². The van der Waals surface area contributed by atoms with Crippen molar-refractivity contribution in [2.24, 2.45) is 0 Å². The highest BCUT2D eigenvalue weighted by Crippen LogP contribution is 2.21. The Hall–Kier alpha value is -1.51. The molecular formula is C10H12FNO5S. The lowest BCUT2D eigenvalue weighted by Crippen LogP contribution is -2.27. The number of benzene rings is 1. The molecule has 0 N–H and O–H groups in total. The number of halogens is 1. The van der Waals surface area contributed by atoms with Crippen molar-refractivity contribution in [3.05, 3.63) is 29.6 Å². The van der Waals surface area contributed by atoms with Gasteiger partial charge in [-0.2, -0.15) is 0 Å². The van der Waals surface area contributed by atoms with Crippen LogP contribution in [0.3, 0.4) is 0 Å². The van der Waals surface area contributed by atoms with Crippen LogP contribution in [0, 0.1) is 5.82 Å². The molecule has 100 valence electrons. The largest absolute Gasteiger partial charge is 0.465 e. The highest BCUT2D eigenvalue weighted by atomic mass is 32.2. The fraction of sp³-hybridized carbons (Fsp3) is 0.300. The second-order valence-corrected chi connectivity index (χ2v) is 5.13. The summed E-state index contributed by atoms with van der Waals surface area (Å²) in [5.74, 6) is -1.66. The summed E-state index contributed by atoms with van der Waals surface area (Å²) in [7, 11) is -0.768. The molecule has 1 rings (SSSR count). The lowest BCUT2D eigenvalue weighted by atomic mass is 10.2. The Bertz CT molecular complexity index is 557. The molecule has 8 heteroatoms. The molecule has 18 heavy (non-hydrogen) atoms. The summed E-state index contributed by atoms with van der Waals surface area (Å²) in [6.45, 7) is 0. The van der Waals surface area contributed by atoms with Crippen LogP contribution in [0.4, 0.5) is 4.39 Å². The number of ether oxygens (including phenoxy) is 1. The summed E-state index contributed by atoms with van der Waals surface area (Å²) in [5.41, 5.74) is -0.261. The average Bonchev–Trinajstić information content (AvgIpc) is 2.36. The van der Waals surface area contributed by atoms with Crippen molar-refractivity contribution in [3.8, 4) is 0 Å². The lowest BCUT2D eigenvalue weighted by Gasteiger charge is -2.16. The van der Waals surface area contributed by atoms with Crippen LogP contribution in [0.15, 0.2) is 23.1 Å². The summed E-state index contributed by atoms with van der Waals surface area (Å²) in [6, 6.07) is 2.74. The van der Waals surface area contributed by atoms with Gasteiger partial charge in [-0.1, -0.05) is 4.47 Å². The van der Waals surface area contributed by atoms with Gasteiger partial charge in [0.05, 0.1) is 19.8 Å². The molecule has 1 aromatic carbocycles. The van der Waals surface area contributed by atoms with Crippen molar-refractivity contribution in [2.45, 2.75) is 4.90 Å². The molecule has 0 aromatic heterocycles. The van der Waals surface area contributed by atoms with Crippen LogP contribution in [-0.4, -0.2) is 40.1 Å². The van der Waals surface area contributed by atoms with Crippen molar-refractivity contribution in [1.29, 1.82) is 0 Å². The Morgan fingerprint density at radius 1 is 1.33 bits per heavy atom. The molecule has 0 amide bonds. The number of methoxy groups -OCH3 is 1. The van der Waals surface area contributed by atoms with Crippen LogP contribution in [0.2, 0.25) is 0 Å². The highest BCUT2D eigenvalue weighted by molar-refractivity contribution is 7.89. The molecule has 0 spiro atoms. The third kappa shape index (κ3) is 2.66. The molecule has 0 atom stereocenters. The quantitative estimate of drug-likeness (QED) is 0.601. The first kappa shape index (κ1) is 14.6. The zero-order chi connectivity index (χ0) is 13.9. The van der Waals surface area contributed by atoms with Gasteiger partial charge >= 0.3 is 5.97 Å². The first-order chi connectivity index (χ1) is 8.34. The fourth-order valence-electron chi connectivity index (χ4n) is 1.22. The van der Waals surface area contributed by atoms with Gasteiger partial charge in [-0.15, -0.1) is 0 Å². The van der Waals surface area contributed by atoms with Crippen LogP contribution in [-0.2, 0) is 19.6 Å². The Labute approximate surface area is 104 Å². The molecule has 0 heterocycles. The van der Waals surface area contributed by atoms with E-state index in [2.05, 4.69) is 9.57 Å². The maximum absolute atomic E-state index is 13.1. The van der Waals surface area contributed by atoms with Crippen LogP contribution in [0.1, 0.15) is 10.4 Å². The van der Waals surface area contributed by atoms with Gasteiger partial charge in [0, 0.05) is 7.05 Å². The molecule has 0 saturated heterocycles. The highest BCUT2D eigenvalue weighted by Gasteiger charge is 2.28. The van der Waals surface area contributed by atoms with E-state index in [-0.39, 0.29) is 5.56 Å². The Morgan fingerprint density at radius 2 is 1.94 bits per heavy atom. The van der Waals surface area contributed by atoms with Crippen molar-refractivity contribution in [2.75, 3.05) is 21.3 Å². The lowest BCUT2D eigenvalue weighted by molar-refractivity contribution is -0.0259. The van der Waals surface area contributed by atoms with E-state index in [0.29, 0.717) is 4.47 Å². The number of hydrogen-bond donors (Lipinski definition) is 0. The number of carbonyl (C=O) groups is 1. The van der Waals surface area contributed by atoms with E-state index < -0.39 is 26.7 Å². The third-order valence-corrected chi connectivity index (χ3v) is 3.94. The topological polar surface area (TPSA) is 72.9 Å². The molecule has 0 radical (unpaired) electrons. The maximum atomic E-state index is 13.1. The number of rotatable bonds is 4. The van der Waals surface area contributed by atoms with E-state index >= 15 is 0 Å². The third-order valence-electron chi connectivity index (χ3n) is 2.22. The number of nitrogens with zero attached hydrogens (tertiary/aromatic N) is 1. The summed E-state index contributed by atoms with van der Waals surface area (Å²) in [6.07, 6.45) is 0. The molecule has 6 nitrogen and oxygen atoms in total. The summed E-state index contributed by atoms with van der Waals surface area (Å²) in [5, 5.41) is 0. The van der Waals surface area contributed by atoms with Gasteiger partial charge in [0.25, 0.3) is 10.0 Å². The Balaban J connectivity index is 3.48. The maximum Gasteiger partial charge on any atom is 0.339 e. The molecule has 1 aromatic rings. The minimum Gasteiger partial charge on any atom is -0.465 e. The molecular weight excluding hydrogens is 265 g/mol. The fourth-order valence-corrected chi connectivity index (χ4v) is 2.39. The van der Waals surface area contributed by atoms with E-state index in [1.165, 1.54) is 0 Å². The van der Waals surface area contributed by atoms with Crippen LogP contribution < -0.4 is 0 Å². The molecule has 0 fully saturated rings. The SMILES string of the molecule is COC(=O)c1ccc(F)cc1S(=O)(=O)N(C)OC. The zero-order valence-corrected chi connectivity index (χ0v) is 10.8. The van der Waals surface area contributed by atoms with Crippen LogP contribution in [0.25, 0.3) is 0 Å². The van der Waals surface area contributed by atoms with Gasteiger partial charge < -0.3 is 4.74 Å². The first-order valence-corrected chi connectivity index (χ1v) is 6.19. The van der Waals surface area contributed by atoms with Gasteiger partial charge in [0.1, 0.15) is 10.7 Å².